The van der Waals surface area contributed by atoms with Crippen LogP contribution in [0.2, 0.25) is 0 Å². The van der Waals surface area contributed by atoms with Gasteiger partial charge in [-0.3, -0.25) is 9.59 Å². The number of carbonyl (C=O) groups excluding carboxylic acids is 2. The summed E-state index contributed by atoms with van der Waals surface area (Å²) in [5.74, 6) is -1.53. The van der Waals surface area contributed by atoms with Crippen LogP contribution < -0.4 is 11.1 Å². The molecule has 21 heavy (non-hydrogen) atoms. The topological polar surface area (TPSA) is 72.2 Å². The molecule has 0 saturated carbocycles. The molecule has 2 aromatic carbocycles. The van der Waals surface area contributed by atoms with E-state index in [9.17, 15) is 14.0 Å². The highest BCUT2D eigenvalue weighted by Crippen LogP contribution is 2.24. The van der Waals surface area contributed by atoms with Crippen LogP contribution in [-0.2, 0) is 0 Å². The molecule has 0 unspecified atom stereocenters. The lowest BCUT2D eigenvalue weighted by Gasteiger charge is -2.10. The van der Waals surface area contributed by atoms with Gasteiger partial charge in [-0.25, -0.2) is 4.39 Å². The molecule has 108 valence electrons. The zero-order chi connectivity index (χ0) is 15.6. The average molecular weight is 351 g/mol. The van der Waals surface area contributed by atoms with E-state index in [1.54, 1.807) is 25.1 Å². The Balaban J connectivity index is 2.28. The van der Waals surface area contributed by atoms with E-state index in [-0.39, 0.29) is 11.1 Å². The number of hydrogen-bond donors (Lipinski definition) is 2. The van der Waals surface area contributed by atoms with E-state index in [1.807, 2.05) is 0 Å². The molecule has 2 amide bonds. The van der Waals surface area contributed by atoms with Gasteiger partial charge in [0.05, 0.1) is 4.47 Å². The Bertz CT molecular complexity index is 732. The number of nitrogens with one attached hydrogen (secondary N) is 1. The SMILES string of the molecule is Cc1cc(Br)c(F)cc1NC(=O)c1cccc(C(N)=O)c1. The molecule has 0 aliphatic rings. The number of anilines is 1. The normalized spacial score (nSPS) is 10.2. The monoisotopic (exact) mass is 350 g/mol. The van der Waals surface area contributed by atoms with Gasteiger partial charge in [-0.2, -0.15) is 0 Å². The van der Waals surface area contributed by atoms with Crippen LogP contribution in [0.5, 0.6) is 0 Å². The van der Waals surface area contributed by atoms with Gasteiger partial charge < -0.3 is 11.1 Å². The third-order valence-electron chi connectivity index (χ3n) is 2.92. The van der Waals surface area contributed by atoms with Crippen LogP contribution >= 0.6 is 15.9 Å². The molecule has 2 rings (SSSR count). The third-order valence-corrected chi connectivity index (χ3v) is 3.53. The summed E-state index contributed by atoms with van der Waals surface area (Å²) >= 11 is 3.08. The quantitative estimate of drug-likeness (QED) is 0.891. The summed E-state index contributed by atoms with van der Waals surface area (Å²) in [5.41, 5.74) is 6.76. The first kappa shape index (κ1) is 15.2. The van der Waals surface area contributed by atoms with Crippen molar-refractivity contribution >= 4 is 33.4 Å². The first-order valence-electron chi connectivity index (χ1n) is 6.05. The van der Waals surface area contributed by atoms with E-state index in [1.165, 1.54) is 18.2 Å². The number of rotatable bonds is 3. The van der Waals surface area contributed by atoms with Crippen LogP contribution in [0.3, 0.4) is 0 Å². The van der Waals surface area contributed by atoms with E-state index in [4.69, 9.17) is 5.73 Å². The first-order chi connectivity index (χ1) is 9.88. The second-order valence-electron chi connectivity index (χ2n) is 4.48. The molecule has 0 bridgehead atoms. The smallest absolute Gasteiger partial charge is 0.255 e. The Morgan fingerprint density at radius 2 is 1.86 bits per heavy atom. The Kier molecular flexibility index (Phi) is 4.37. The molecule has 6 heteroatoms. The summed E-state index contributed by atoms with van der Waals surface area (Å²) in [6.07, 6.45) is 0. The lowest BCUT2D eigenvalue weighted by Crippen LogP contribution is -2.16. The molecule has 4 nitrogen and oxygen atoms in total. The summed E-state index contributed by atoms with van der Waals surface area (Å²) in [5, 5.41) is 2.61. The number of carbonyl (C=O) groups is 2. The molecular weight excluding hydrogens is 339 g/mol. The van der Waals surface area contributed by atoms with Gasteiger partial charge in [0.15, 0.2) is 0 Å². The minimum atomic E-state index is -0.615. The number of halogens is 2. The maximum Gasteiger partial charge on any atom is 0.255 e. The first-order valence-corrected chi connectivity index (χ1v) is 6.84. The molecular formula is C15H12BrFN2O2. The lowest BCUT2D eigenvalue weighted by molar-refractivity contribution is 0.1000. The van der Waals surface area contributed by atoms with Crippen molar-refractivity contribution in [3.63, 3.8) is 0 Å². The van der Waals surface area contributed by atoms with E-state index < -0.39 is 17.6 Å². The van der Waals surface area contributed by atoms with Crippen LogP contribution in [0.25, 0.3) is 0 Å². The number of primary amides is 1. The Hall–Kier alpha value is -2.21. The van der Waals surface area contributed by atoms with Crippen molar-refractivity contribution in [3.8, 4) is 0 Å². The number of amides is 2. The van der Waals surface area contributed by atoms with Crippen LogP contribution in [0.1, 0.15) is 26.3 Å². The van der Waals surface area contributed by atoms with Crippen molar-refractivity contribution in [1.82, 2.24) is 0 Å². The second kappa shape index (κ2) is 6.05. The highest BCUT2D eigenvalue weighted by atomic mass is 79.9. The van der Waals surface area contributed by atoms with Crippen LogP contribution in [0.4, 0.5) is 10.1 Å². The number of hydrogen-bond acceptors (Lipinski definition) is 2. The molecule has 0 spiro atoms. The predicted octanol–water partition coefficient (Wildman–Crippen LogP) is 3.25. The molecule has 0 heterocycles. The largest absolute Gasteiger partial charge is 0.366 e. The zero-order valence-corrected chi connectivity index (χ0v) is 12.7. The molecule has 0 radical (unpaired) electrons. The Labute approximate surface area is 129 Å². The van der Waals surface area contributed by atoms with E-state index in [0.717, 1.165) is 0 Å². The number of benzene rings is 2. The maximum absolute atomic E-state index is 13.5. The van der Waals surface area contributed by atoms with Gasteiger partial charge in [0.25, 0.3) is 5.91 Å². The van der Waals surface area contributed by atoms with Crippen LogP contribution in [0.15, 0.2) is 40.9 Å². The highest BCUT2D eigenvalue weighted by Gasteiger charge is 2.12. The molecule has 0 fully saturated rings. The third kappa shape index (κ3) is 3.46. The fourth-order valence-electron chi connectivity index (χ4n) is 1.79. The van der Waals surface area contributed by atoms with Crippen molar-refractivity contribution in [2.75, 3.05) is 5.32 Å². The van der Waals surface area contributed by atoms with Crippen molar-refractivity contribution in [2.24, 2.45) is 5.73 Å². The van der Waals surface area contributed by atoms with E-state index in [0.29, 0.717) is 15.7 Å². The van der Waals surface area contributed by atoms with Crippen LogP contribution in [-0.4, -0.2) is 11.8 Å². The number of nitrogens with two attached hydrogens (primary N) is 1. The van der Waals surface area contributed by atoms with Gasteiger partial charge in [0.2, 0.25) is 5.91 Å². The summed E-state index contributed by atoms with van der Waals surface area (Å²) in [4.78, 5) is 23.2. The maximum atomic E-state index is 13.5. The second-order valence-corrected chi connectivity index (χ2v) is 5.33. The molecule has 3 N–H and O–H groups in total. The highest BCUT2D eigenvalue weighted by molar-refractivity contribution is 9.10. The predicted molar refractivity (Wildman–Crippen MR) is 81.8 cm³/mol. The summed E-state index contributed by atoms with van der Waals surface area (Å²) in [6.45, 7) is 1.75. The lowest BCUT2D eigenvalue weighted by atomic mass is 10.1. The van der Waals surface area contributed by atoms with Crippen molar-refractivity contribution < 1.29 is 14.0 Å². The zero-order valence-electron chi connectivity index (χ0n) is 11.1. The molecule has 0 atom stereocenters. The van der Waals surface area contributed by atoms with Crippen molar-refractivity contribution in [3.05, 3.63) is 63.4 Å². The van der Waals surface area contributed by atoms with Gasteiger partial charge >= 0.3 is 0 Å². The summed E-state index contributed by atoms with van der Waals surface area (Å²) < 4.78 is 13.9. The molecule has 0 saturated heterocycles. The Morgan fingerprint density at radius 3 is 2.52 bits per heavy atom. The van der Waals surface area contributed by atoms with Gasteiger partial charge in [0, 0.05) is 16.8 Å². The molecule has 0 aliphatic heterocycles. The van der Waals surface area contributed by atoms with Crippen molar-refractivity contribution in [1.29, 1.82) is 0 Å². The van der Waals surface area contributed by atoms with Crippen LogP contribution in [0, 0.1) is 12.7 Å². The summed E-state index contributed by atoms with van der Waals surface area (Å²) in [6, 6.07) is 8.82. The van der Waals surface area contributed by atoms with Gasteiger partial charge in [0.1, 0.15) is 5.82 Å². The minimum absolute atomic E-state index is 0.237. The molecule has 0 aliphatic carbocycles. The van der Waals surface area contributed by atoms with Crippen molar-refractivity contribution in [2.45, 2.75) is 6.92 Å². The summed E-state index contributed by atoms with van der Waals surface area (Å²) in [7, 11) is 0. The number of aryl methyl sites for hydroxylation is 1. The van der Waals surface area contributed by atoms with Gasteiger partial charge in [-0.15, -0.1) is 0 Å². The van der Waals surface area contributed by atoms with E-state index >= 15 is 0 Å². The fourth-order valence-corrected chi connectivity index (χ4v) is 2.25. The Morgan fingerprint density at radius 1 is 1.19 bits per heavy atom. The average Bonchev–Trinajstić information content (AvgIpc) is 2.44. The van der Waals surface area contributed by atoms with Gasteiger partial charge in [-0.1, -0.05) is 6.07 Å². The molecule has 0 aromatic heterocycles. The van der Waals surface area contributed by atoms with Gasteiger partial charge in [-0.05, 0) is 58.7 Å². The minimum Gasteiger partial charge on any atom is -0.366 e. The molecule has 2 aromatic rings. The standard InChI is InChI=1S/C15H12BrFN2O2/c1-8-5-11(16)12(17)7-13(8)19-15(21)10-4-2-3-9(6-10)14(18)20/h2-7H,1H3,(H2,18,20)(H,19,21). The van der Waals surface area contributed by atoms with E-state index in [2.05, 4.69) is 21.2 Å². The fraction of sp³-hybridized carbons (Fsp3) is 0.0667.